The Kier molecular flexibility index (Phi) is 115. The van der Waals surface area contributed by atoms with Crippen LogP contribution < -0.4 is 10.6 Å². The molecule has 0 aromatic carbocycles. The van der Waals surface area contributed by atoms with Crippen molar-refractivity contribution in [3.8, 4) is 0 Å². The van der Waals surface area contributed by atoms with Crippen molar-refractivity contribution in [3.63, 3.8) is 0 Å². The number of nitrogens with one attached hydrogen (secondary N) is 2. The van der Waals surface area contributed by atoms with E-state index in [0.29, 0.717) is 481 Å². The highest BCUT2D eigenvalue weighted by Gasteiger charge is 2.33. The van der Waals surface area contributed by atoms with Crippen molar-refractivity contribution in [1.82, 2.24) is 15.7 Å². The van der Waals surface area contributed by atoms with Crippen LogP contribution in [0.4, 0.5) is 0 Å². The van der Waals surface area contributed by atoms with E-state index in [1.165, 1.54) is 51.4 Å². The standard InChI is InChI=1S/C102H195N3O44/c1-5-6-7-8-9-10-11-12-13-14-15-16-97(107)104-95(101(111)148-102(2,3)4)17-18-96(106)103-22-24-113-26-28-115-30-32-117-34-36-119-38-40-121-42-44-123-46-48-125-50-52-127-54-56-129-58-60-131-62-64-133-66-68-135-70-72-137-74-76-139-78-80-141-82-84-143-86-88-145-90-92-147-94-93-146-91-89-144-87-85-142-83-81-140-79-77-138-75-73-136-71-69-134-67-65-132-63-61-130-59-57-128-55-53-126-51-49-124-47-45-122-43-41-120-39-37-118-35-33-116-31-29-114-27-25-112-23-21-100(110)149-105-98(108)19-20-99(105)109/h95H,5-94H2,1-4H3,(H,103,106)(H,104,107)/t95-/m0/s1. The molecule has 0 aromatic heterocycles. The van der Waals surface area contributed by atoms with Crippen LogP contribution in [0.2, 0.25) is 0 Å². The van der Waals surface area contributed by atoms with Gasteiger partial charge in [0.05, 0.1) is 482 Å². The Morgan fingerprint density at radius 2 is 0.403 bits per heavy atom. The largest absolute Gasteiger partial charge is 0.458 e. The van der Waals surface area contributed by atoms with E-state index in [0.717, 1.165) is 19.3 Å². The molecular weight excluding hydrogens is 1970 g/mol. The van der Waals surface area contributed by atoms with Gasteiger partial charge in [0.1, 0.15) is 11.6 Å². The van der Waals surface area contributed by atoms with E-state index in [4.69, 9.17) is 180 Å². The minimum atomic E-state index is -0.897. The molecule has 0 aliphatic carbocycles. The maximum absolute atomic E-state index is 12.9. The van der Waals surface area contributed by atoms with Crippen LogP contribution in [0.15, 0.2) is 0 Å². The molecule has 1 aliphatic heterocycles. The summed E-state index contributed by atoms with van der Waals surface area (Å²) in [7, 11) is 0. The van der Waals surface area contributed by atoms with Crippen LogP contribution in [0.3, 0.4) is 0 Å². The minimum absolute atomic E-state index is 0.0484. The van der Waals surface area contributed by atoms with Crippen molar-refractivity contribution < 1.29 is 209 Å². The van der Waals surface area contributed by atoms with Crippen molar-refractivity contribution in [2.24, 2.45) is 0 Å². The lowest BCUT2D eigenvalue weighted by atomic mass is 10.0. The molecule has 2 N–H and O–H groups in total. The Labute approximate surface area is 887 Å². The lowest BCUT2D eigenvalue weighted by Gasteiger charge is -2.24. The van der Waals surface area contributed by atoms with Crippen molar-refractivity contribution in [2.45, 2.75) is 148 Å². The van der Waals surface area contributed by atoms with Gasteiger partial charge in [-0.1, -0.05) is 71.1 Å². The maximum Gasteiger partial charge on any atom is 0.335 e. The number of hydrogen-bond donors (Lipinski definition) is 2. The zero-order valence-electron chi connectivity index (χ0n) is 91.1. The van der Waals surface area contributed by atoms with Gasteiger partial charge in [-0.15, -0.1) is 5.06 Å². The van der Waals surface area contributed by atoms with Crippen LogP contribution in [0.25, 0.3) is 0 Å². The molecule has 0 saturated carbocycles. The van der Waals surface area contributed by atoms with Crippen molar-refractivity contribution in [2.75, 3.05) is 482 Å². The van der Waals surface area contributed by atoms with Crippen LogP contribution >= 0.6 is 0 Å². The number of rotatable bonds is 129. The summed E-state index contributed by atoms with van der Waals surface area (Å²) >= 11 is 0. The number of hydroxylamine groups is 2. The maximum atomic E-state index is 12.9. The van der Waals surface area contributed by atoms with Gasteiger partial charge >= 0.3 is 11.9 Å². The first-order chi connectivity index (χ1) is 73.4. The Morgan fingerprint density at radius 3 is 0.591 bits per heavy atom. The third-order valence-electron chi connectivity index (χ3n) is 19.9. The Bertz CT molecular complexity index is 2720. The van der Waals surface area contributed by atoms with E-state index in [1.807, 2.05) is 0 Å². The van der Waals surface area contributed by atoms with Gasteiger partial charge in [0.25, 0.3) is 11.8 Å². The summed E-state index contributed by atoms with van der Waals surface area (Å²) in [6.45, 7) is 39.7. The summed E-state index contributed by atoms with van der Waals surface area (Å²) in [5.41, 5.74) is -0.719. The fourth-order valence-corrected chi connectivity index (χ4v) is 12.2. The van der Waals surface area contributed by atoms with E-state index < -0.39 is 35.4 Å². The molecular formula is C102H195N3O44. The fraction of sp³-hybridized carbons (Fsp3) is 0.941. The summed E-state index contributed by atoms with van der Waals surface area (Å²) in [6, 6.07) is -0.897. The van der Waals surface area contributed by atoms with Crippen LogP contribution in [0, 0.1) is 0 Å². The lowest BCUT2D eigenvalue weighted by molar-refractivity contribution is -0.198. The van der Waals surface area contributed by atoms with Gasteiger partial charge in [-0.05, 0) is 33.6 Å². The van der Waals surface area contributed by atoms with Crippen LogP contribution in [0.1, 0.15) is 137 Å². The second kappa shape index (κ2) is 121. The van der Waals surface area contributed by atoms with Gasteiger partial charge < -0.3 is 191 Å². The zero-order chi connectivity index (χ0) is 107. The molecule has 0 unspecified atom stereocenters. The van der Waals surface area contributed by atoms with Crippen molar-refractivity contribution >= 4 is 35.6 Å². The molecule has 882 valence electrons. The predicted octanol–water partition coefficient (Wildman–Crippen LogP) is 5.01. The third kappa shape index (κ3) is 116. The summed E-state index contributed by atoms with van der Waals surface area (Å²) in [5, 5.41) is 6.13. The molecule has 1 aliphatic rings. The normalized spacial score (nSPS) is 12.6. The van der Waals surface area contributed by atoms with Crippen LogP contribution in [-0.2, 0) is 209 Å². The molecule has 47 nitrogen and oxygen atoms in total. The van der Waals surface area contributed by atoms with Crippen LogP contribution in [0.5, 0.6) is 0 Å². The first-order valence-corrected chi connectivity index (χ1v) is 54.1. The predicted molar refractivity (Wildman–Crippen MR) is 542 cm³/mol. The number of unbranched alkanes of at least 4 members (excludes halogenated alkanes) is 10. The summed E-state index contributed by atoms with van der Waals surface area (Å²) in [4.78, 5) is 77.7. The van der Waals surface area contributed by atoms with Crippen molar-refractivity contribution in [3.05, 3.63) is 0 Å². The molecule has 0 aromatic rings. The fourth-order valence-electron chi connectivity index (χ4n) is 12.2. The first-order valence-electron chi connectivity index (χ1n) is 54.1. The van der Waals surface area contributed by atoms with Gasteiger partial charge in [0.2, 0.25) is 11.8 Å². The molecule has 4 amide bonds. The molecule has 0 bridgehead atoms. The number of carbonyl (C=O) groups excluding carboxylic acids is 6. The van der Waals surface area contributed by atoms with Gasteiger partial charge in [-0.3, -0.25) is 19.2 Å². The summed E-state index contributed by atoms with van der Waals surface area (Å²) in [5.74, 6) is -2.72. The quantitative estimate of drug-likeness (QED) is 0.0459. The van der Waals surface area contributed by atoms with Gasteiger partial charge in [-0.2, -0.15) is 0 Å². The number of imide groups is 1. The van der Waals surface area contributed by atoms with E-state index >= 15 is 0 Å². The second-order valence-electron chi connectivity index (χ2n) is 33.7. The number of hydrogen-bond acceptors (Lipinski definition) is 44. The smallest absolute Gasteiger partial charge is 0.335 e. The van der Waals surface area contributed by atoms with E-state index in [9.17, 15) is 28.8 Å². The highest BCUT2D eigenvalue weighted by atomic mass is 16.7. The van der Waals surface area contributed by atoms with Gasteiger partial charge in [-0.25, -0.2) is 9.59 Å². The number of ether oxygens (including phenoxy) is 37. The minimum Gasteiger partial charge on any atom is -0.458 e. The molecule has 1 fully saturated rings. The number of carbonyl (C=O) groups is 6. The Balaban J connectivity index is 1.63. The highest BCUT2D eigenvalue weighted by Crippen LogP contribution is 2.16. The molecule has 47 heteroatoms. The molecule has 1 atom stereocenters. The zero-order valence-corrected chi connectivity index (χ0v) is 91.1. The number of esters is 1. The van der Waals surface area contributed by atoms with E-state index in [1.54, 1.807) is 20.8 Å². The molecule has 1 saturated heterocycles. The van der Waals surface area contributed by atoms with E-state index in [-0.39, 0.29) is 57.1 Å². The molecule has 0 radical (unpaired) electrons. The number of nitrogens with zero attached hydrogens (tertiary/aromatic N) is 1. The summed E-state index contributed by atoms with van der Waals surface area (Å²) in [6.07, 6.45) is 13.6. The molecule has 1 rings (SSSR count). The van der Waals surface area contributed by atoms with Gasteiger partial charge in [0, 0.05) is 32.2 Å². The Morgan fingerprint density at radius 1 is 0.228 bits per heavy atom. The monoisotopic (exact) mass is 2170 g/mol. The SMILES string of the molecule is CCCCCCCCCCCCCC(=O)N[C@@H](CCC(=O)NCCOCCOCCOCCOCCOCCOCCOCCOCCOCCOCCOCCOCCOCCOCCOCCOCCOCCOCCOCCOCCOCCOCCOCCOCCOCCOCCOCCOCCOCCOCCOCCOCCOCCOCCOCCOCCC(=O)ON1C(=O)CCC1=O)C(=O)OC(C)(C)C. The first kappa shape index (κ1) is 143. The molecule has 149 heavy (non-hydrogen) atoms. The third-order valence-corrected chi connectivity index (χ3v) is 19.9. The number of amides is 4. The van der Waals surface area contributed by atoms with E-state index in [2.05, 4.69) is 17.6 Å². The Hall–Kier alpha value is -4.42. The molecule has 1 heterocycles. The van der Waals surface area contributed by atoms with Gasteiger partial charge in [0.15, 0.2) is 0 Å². The van der Waals surface area contributed by atoms with Crippen LogP contribution in [-0.4, -0.2) is 535 Å². The lowest BCUT2D eigenvalue weighted by Crippen LogP contribution is -2.44. The summed E-state index contributed by atoms with van der Waals surface area (Å²) < 4.78 is 205. The average molecular weight is 2170 g/mol. The topological polar surface area (TPSA) is 480 Å². The molecule has 0 spiro atoms. The highest BCUT2D eigenvalue weighted by molar-refractivity contribution is 6.01. The van der Waals surface area contributed by atoms with Crippen molar-refractivity contribution in [1.29, 1.82) is 0 Å². The second-order valence-corrected chi connectivity index (χ2v) is 33.7. The average Bonchev–Trinajstić information content (AvgIpc) is 1.74.